The van der Waals surface area contributed by atoms with Gasteiger partial charge < -0.3 is 29.4 Å². The molecule has 1 aromatic heterocycles. The average Bonchev–Trinajstić information content (AvgIpc) is 2.75. The van der Waals surface area contributed by atoms with Gasteiger partial charge in [0.1, 0.15) is 5.75 Å². The van der Waals surface area contributed by atoms with E-state index in [-0.39, 0.29) is 12.6 Å². The molecule has 9 heteroatoms. The van der Waals surface area contributed by atoms with Gasteiger partial charge in [-0.15, -0.1) is 0 Å². The van der Waals surface area contributed by atoms with Crippen LogP contribution in [0.4, 0.5) is 11.5 Å². The van der Waals surface area contributed by atoms with Gasteiger partial charge in [0.15, 0.2) is 17.3 Å². The number of nitrogens with zero attached hydrogens (tertiary/aromatic N) is 2. The number of ether oxygens (including phenoxy) is 4. The molecule has 2 aromatic carbocycles. The highest BCUT2D eigenvalue weighted by Gasteiger charge is 2.16. The van der Waals surface area contributed by atoms with Gasteiger partial charge in [0.25, 0.3) is 0 Å². The highest BCUT2D eigenvalue weighted by atomic mass is 79.9. The first-order chi connectivity index (χ1) is 14.1. The second kappa shape index (κ2) is 9.44. The summed E-state index contributed by atoms with van der Waals surface area (Å²) in [4.78, 5) is 8.60. The number of benzene rings is 2. The fourth-order valence-electron chi connectivity index (χ4n) is 2.62. The molecule has 0 aliphatic heterocycles. The summed E-state index contributed by atoms with van der Waals surface area (Å²) < 4.78 is 22.4. The van der Waals surface area contributed by atoms with E-state index >= 15 is 0 Å². The summed E-state index contributed by atoms with van der Waals surface area (Å²) in [6.07, 6.45) is 1.57. The van der Waals surface area contributed by atoms with Crippen LogP contribution in [0.1, 0.15) is 5.56 Å². The lowest BCUT2D eigenvalue weighted by atomic mass is 10.2. The SMILES string of the molecule is COc1cc(Oc2ncc(Br)c(Nc3ccccc3CO)n2)cc(OC)c1OC. The molecule has 1 heterocycles. The molecule has 0 unspecified atom stereocenters. The van der Waals surface area contributed by atoms with Gasteiger partial charge in [0, 0.05) is 23.4 Å². The van der Waals surface area contributed by atoms with Crippen LogP contribution >= 0.6 is 15.9 Å². The number of anilines is 2. The zero-order chi connectivity index (χ0) is 20.8. The number of methoxy groups -OCH3 is 3. The molecular formula is C20H20BrN3O5. The molecule has 0 spiro atoms. The molecule has 152 valence electrons. The lowest BCUT2D eigenvalue weighted by Crippen LogP contribution is -2.02. The van der Waals surface area contributed by atoms with Crippen LogP contribution in [0.5, 0.6) is 29.0 Å². The van der Waals surface area contributed by atoms with Crippen molar-refractivity contribution in [2.75, 3.05) is 26.6 Å². The van der Waals surface area contributed by atoms with Crippen LogP contribution in [-0.2, 0) is 6.61 Å². The number of aliphatic hydroxyl groups excluding tert-OH is 1. The molecule has 0 saturated carbocycles. The van der Waals surface area contributed by atoms with Crippen LogP contribution in [-0.4, -0.2) is 36.4 Å². The van der Waals surface area contributed by atoms with Gasteiger partial charge in [-0.2, -0.15) is 4.98 Å². The number of aliphatic hydroxyl groups is 1. The Kier molecular flexibility index (Phi) is 6.73. The van der Waals surface area contributed by atoms with E-state index in [2.05, 4.69) is 31.2 Å². The monoisotopic (exact) mass is 461 g/mol. The summed E-state index contributed by atoms with van der Waals surface area (Å²) in [6.45, 7) is -0.0966. The van der Waals surface area contributed by atoms with Crippen molar-refractivity contribution >= 4 is 27.4 Å². The fraction of sp³-hybridized carbons (Fsp3) is 0.200. The molecule has 0 radical (unpaired) electrons. The van der Waals surface area contributed by atoms with Crippen molar-refractivity contribution < 1.29 is 24.1 Å². The van der Waals surface area contributed by atoms with Crippen LogP contribution in [0.2, 0.25) is 0 Å². The van der Waals surface area contributed by atoms with Crippen molar-refractivity contribution in [1.29, 1.82) is 0 Å². The Bertz CT molecular complexity index is 975. The molecule has 0 saturated heterocycles. The summed E-state index contributed by atoms with van der Waals surface area (Å²) in [5.74, 6) is 2.28. The van der Waals surface area contributed by atoms with Gasteiger partial charge in [0.2, 0.25) is 5.75 Å². The highest BCUT2D eigenvalue weighted by Crippen LogP contribution is 2.41. The Balaban J connectivity index is 1.90. The molecule has 3 aromatic rings. The van der Waals surface area contributed by atoms with Crippen LogP contribution in [0.25, 0.3) is 0 Å². The van der Waals surface area contributed by atoms with E-state index in [4.69, 9.17) is 18.9 Å². The van der Waals surface area contributed by atoms with Crippen LogP contribution < -0.4 is 24.3 Å². The number of nitrogens with one attached hydrogen (secondary N) is 1. The van der Waals surface area contributed by atoms with Gasteiger partial charge in [-0.05, 0) is 22.0 Å². The Morgan fingerprint density at radius 1 is 1.03 bits per heavy atom. The van der Waals surface area contributed by atoms with Gasteiger partial charge in [-0.3, -0.25) is 0 Å². The first kappa shape index (κ1) is 20.7. The van der Waals surface area contributed by atoms with E-state index in [1.807, 2.05) is 24.3 Å². The maximum absolute atomic E-state index is 9.51. The molecule has 2 N–H and O–H groups in total. The molecule has 0 aliphatic carbocycles. The third kappa shape index (κ3) is 4.69. The van der Waals surface area contributed by atoms with E-state index in [1.165, 1.54) is 21.3 Å². The molecule has 8 nitrogen and oxygen atoms in total. The summed E-state index contributed by atoms with van der Waals surface area (Å²) >= 11 is 3.42. The van der Waals surface area contributed by atoms with Crippen molar-refractivity contribution in [3.05, 3.63) is 52.6 Å². The van der Waals surface area contributed by atoms with Crippen LogP contribution in [0, 0.1) is 0 Å². The third-order valence-corrected chi connectivity index (χ3v) is 4.59. The number of hydrogen-bond donors (Lipinski definition) is 2. The number of halogens is 1. The van der Waals surface area contributed by atoms with Crippen molar-refractivity contribution in [3.8, 4) is 29.0 Å². The van der Waals surface area contributed by atoms with Crippen molar-refractivity contribution in [1.82, 2.24) is 9.97 Å². The molecule has 0 amide bonds. The van der Waals surface area contributed by atoms with E-state index in [0.29, 0.717) is 33.3 Å². The number of rotatable bonds is 8. The quantitative estimate of drug-likeness (QED) is 0.512. The maximum Gasteiger partial charge on any atom is 0.323 e. The second-order valence-corrected chi connectivity index (χ2v) is 6.61. The summed E-state index contributed by atoms with van der Waals surface area (Å²) in [6, 6.07) is 10.8. The van der Waals surface area contributed by atoms with Crippen molar-refractivity contribution in [3.63, 3.8) is 0 Å². The normalized spacial score (nSPS) is 10.4. The molecule has 0 atom stereocenters. The smallest absolute Gasteiger partial charge is 0.323 e. The summed E-state index contributed by atoms with van der Waals surface area (Å²) in [7, 11) is 4.58. The standard InChI is InChI=1S/C20H20BrN3O5/c1-26-16-8-13(9-17(27-2)18(16)28-3)29-20-22-10-14(21)19(24-20)23-15-7-5-4-6-12(15)11-25/h4-10,25H,11H2,1-3H3,(H,22,23,24). The average molecular weight is 462 g/mol. The predicted octanol–water partition coefficient (Wildman–Crippen LogP) is 4.29. The maximum atomic E-state index is 9.51. The topological polar surface area (TPSA) is 95.0 Å². The van der Waals surface area contributed by atoms with E-state index in [0.717, 1.165) is 11.3 Å². The Morgan fingerprint density at radius 2 is 1.72 bits per heavy atom. The molecule has 0 aliphatic rings. The Morgan fingerprint density at radius 3 is 2.34 bits per heavy atom. The van der Waals surface area contributed by atoms with Gasteiger partial charge >= 0.3 is 6.01 Å². The van der Waals surface area contributed by atoms with E-state index in [9.17, 15) is 5.11 Å². The lowest BCUT2D eigenvalue weighted by Gasteiger charge is -2.15. The molecule has 0 fully saturated rings. The Labute approximate surface area is 176 Å². The largest absolute Gasteiger partial charge is 0.493 e. The Hall–Kier alpha value is -3.04. The summed E-state index contributed by atoms with van der Waals surface area (Å²) in [5.41, 5.74) is 1.47. The predicted molar refractivity (Wildman–Crippen MR) is 112 cm³/mol. The zero-order valence-electron chi connectivity index (χ0n) is 16.1. The number of aromatic nitrogens is 2. The van der Waals surface area contributed by atoms with Crippen LogP contribution in [0.15, 0.2) is 47.1 Å². The number of para-hydroxylation sites is 1. The molecular weight excluding hydrogens is 442 g/mol. The van der Waals surface area contributed by atoms with Gasteiger partial charge in [0.05, 0.1) is 38.6 Å². The third-order valence-electron chi connectivity index (χ3n) is 4.01. The van der Waals surface area contributed by atoms with Crippen molar-refractivity contribution in [2.45, 2.75) is 6.61 Å². The van der Waals surface area contributed by atoms with Gasteiger partial charge in [-0.1, -0.05) is 18.2 Å². The highest BCUT2D eigenvalue weighted by molar-refractivity contribution is 9.10. The van der Waals surface area contributed by atoms with E-state index in [1.54, 1.807) is 18.3 Å². The number of hydrogen-bond acceptors (Lipinski definition) is 8. The first-order valence-electron chi connectivity index (χ1n) is 8.55. The second-order valence-electron chi connectivity index (χ2n) is 5.75. The molecule has 3 rings (SSSR count). The fourth-order valence-corrected chi connectivity index (χ4v) is 2.91. The first-order valence-corrected chi connectivity index (χ1v) is 9.35. The van der Waals surface area contributed by atoms with E-state index < -0.39 is 0 Å². The minimum Gasteiger partial charge on any atom is -0.493 e. The van der Waals surface area contributed by atoms with Gasteiger partial charge in [-0.25, -0.2) is 4.98 Å². The minimum atomic E-state index is -0.0966. The van der Waals surface area contributed by atoms with Crippen molar-refractivity contribution in [2.24, 2.45) is 0 Å². The molecule has 29 heavy (non-hydrogen) atoms. The van der Waals surface area contributed by atoms with Crippen LogP contribution in [0.3, 0.4) is 0 Å². The summed E-state index contributed by atoms with van der Waals surface area (Å²) in [5, 5.41) is 12.7. The zero-order valence-corrected chi connectivity index (χ0v) is 17.7. The molecule has 0 bridgehead atoms. The minimum absolute atomic E-state index is 0.0966. The lowest BCUT2D eigenvalue weighted by molar-refractivity contribution is 0.282.